The predicted octanol–water partition coefficient (Wildman–Crippen LogP) is -0.243. The van der Waals surface area contributed by atoms with E-state index in [4.69, 9.17) is 0 Å². The van der Waals surface area contributed by atoms with Crippen molar-refractivity contribution in [2.24, 2.45) is 7.05 Å². The van der Waals surface area contributed by atoms with E-state index in [1.807, 2.05) is 0 Å². The molecule has 1 saturated heterocycles. The van der Waals surface area contributed by atoms with Crippen LogP contribution in [0.15, 0.2) is 17.2 Å². The molecule has 0 bridgehead atoms. The highest BCUT2D eigenvalue weighted by Crippen LogP contribution is 2.16. The number of hydrogen-bond acceptors (Lipinski definition) is 4. The molecule has 2 heterocycles. The summed E-state index contributed by atoms with van der Waals surface area (Å²) in [5.74, 6) is -0.224. The summed E-state index contributed by atoms with van der Waals surface area (Å²) in [7, 11) is 1.33. The number of nitrogens with one attached hydrogen (secondary N) is 2. The molecule has 1 atom stereocenters. The minimum atomic E-state index is -3.60. The number of nitrogens with zero attached hydrogens (tertiary/aromatic N) is 2. The van der Waals surface area contributed by atoms with Gasteiger partial charge in [0.2, 0.25) is 10.0 Å². The molecular formula is C13H22N4O3S. The average molecular weight is 314 g/mol. The van der Waals surface area contributed by atoms with Crippen molar-refractivity contribution in [3.8, 4) is 0 Å². The molecule has 8 heteroatoms. The Bertz CT molecular complexity index is 615. The molecule has 21 heavy (non-hydrogen) atoms. The van der Waals surface area contributed by atoms with Crippen molar-refractivity contribution < 1.29 is 13.2 Å². The molecule has 1 aliphatic heterocycles. The standard InChI is InChI=1S/C13H22N4O3S/c1-16(2)13(18)12-7-11(9-17(12)3)21(19,20)15-10-5-4-6-14-8-10/h7,9-10,14-15H,4-6,8H2,1-3H3. The van der Waals surface area contributed by atoms with Gasteiger partial charge < -0.3 is 14.8 Å². The van der Waals surface area contributed by atoms with Gasteiger partial charge >= 0.3 is 0 Å². The van der Waals surface area contributed by atoms with Crippen molar-refractivity contribution in [3.05, 3.63) is 18.0 Å². The molecule has 118 valence electrons. The van der Waals surface area contributed by atoms with Crippen LogP contribution in [0.4, 0.5) is 0 Å². The van der Waals surface area contributed by atoms with Crippen LogP contribution in [0.3, 0.4) is 0 Å². The zero-order chi connectivity index (χ0) is 15.6. The van der Waals surface area contributed by atoms with E-state index in [2.05, 4.69) is 10.0 Å². The number of amides is 1. The van der Waals surface area contributed by atoms with Crippen LogP contribution < -0.4 is 10.0 Å². The monoisotopic (exact) mass is 314 g/mol. The molecule has 0 spiro atoms. The summed E-state index contributed by atoms with van der Waals surface area (Å²) >= 11 is 0. The lowest BCUT2D eigenvalue weighted by Crippen LogP contribution is -2.45. The molecule has 1 aliphatic rings. The SMILES string of the molecule is CN(C)C(=O)c1cc(S(=O)(=O)NC2CCCNC2)cn1C. The van der Waals surface area contributed by atoms with Crippen LogP contribution in [0, 0.1) is 0 Å². The molecule has 1 fully saturated rings. The number of hydrogen-bond donors (Lipinski definition) is 2. The molecule has 1 unspecified atom stereocenters. The van der Waals surface area contributed by atoms with Crippen LogP contribution in [0.25, 0.3) is 0 Å². The first-order chi connectivity index (χ1) is 9.81. The van der Waals surface area contributed by atoms with Gasteiger partial charge in [-0.15, -0.1) is 0 Å². The molecule has 1 amide bonds. The maximum atomic E-state index is 12.4. The fraction of sp³-hybridized carbons (Fsp3) is 0.615. The normalized spacial score (nSPS) is 19.5. The Morgan fingerprint density at radius 1 is 1.48 bits per heavy atom. The Balaban J connectivity index is 2.20. The Hall–Kier alpha value is -1.38. The van der Waals surface area contributed by atoms with E-state index < -0.39 is 10.0 Å². The smallest absolute Gasteiger partial charge is 0.269 e. The number of carbonyl (C=O) groups excluding carboxylic acids is 1. The molecular weight excluding hydrogens is 292 g/mol. The van der Waals surface area contributed by atoms with Crippen molar-refractivity contribution in [2.75, 3.05) is 27.2 Å². The van der Waals surface area contributed by atoms with Gasteiger partial charge in [-0.3, -0.25) is 4.79 Å². The fourth-order valence-corrected chi connectivity index (χ4v) is 3.70. The first-order valence-electron chi connectivity index (χ1n) is 6.92. The second-order valence-corrected chi connectivity index (χ2v) is 7.25. The third-order valence-electron chi connectivity index (χ3n) is 3.53. The molecule has 1 aromatic heterocycles. The van der Waals surface area contributed by atoms with Crippen LogP contribution in [0.5, 0.6) is 0 Å². The van der Waals surface area contributed by atoms with Crippen molar-refractivity contribution >= 4 is 15.9 Å². The van der Waals surface area contributed by atoms with E-state index in [0.717, 1.165) is 19.4 Å². The minimum absolute atomic E-state index is 0.100. The number of sulfonamides is 1. The first kappa shape index (κ1) is 16.0. The maximum absolute atomic E-state index is 12.4. The molecule has 0 aliphatic carbocycles. The van der Waals surface area contributed by atoms with Gasteiger partial charge in [-0.05, 0) is 25.5 Å². The Labute approximate surface area is 125 Å². The topological polar surface area (TPSA) is 83.4 Å². The van der Waals surface area contributed by atoms with Crippen LogP contribution in [-0.4, -0.2) is 57.0 Å². The number of aromatic nitrogens is 1. The van der Waals surface area contributed by atoms with Gasteiger partial charge in [0.1, 0.15) is 10.6 Å². The van der Waals surface area contributed by atoms with E-state index in [1.165, 1.54) is 21.7 Å². The quantitative estimate of drug-likeness (QED) is 0.803. The van der Waals surface area contributed by atoms with E-state index >= 15 is 0 Å². The van der Waals surface area contributed by atoms with Crippen molar-refractivity contribution in [1.29, 1.82) is 0 Å². The van der Waals surface area contributed by atoms with Gasteiger partial charge in [0.25, 0.3) is 5.91 Å². The second kappa shape index (κ2) is 6.17. The molecule has 1 aromatic rings. The fourth-order valence-electron chi connectivity index (χ4n) is 2.36. The lowest BCUT2D eigenvalue weighted by molar-refractivity contribution is 0.0818. The highest BCUT2D eigenvalue weighted by atomic mass is 32.2. The maximum Gasteiger partial charge on any atom is 0.269 e. The van der Waals surface area contributed by atoms with Crippen LogP contribution in [0.1, 0.15) is 23.3 Å². The lowest BCUT2D eigenvalue weighted by atomic mass is 10.1. The van der Waals surface area contributed by atoms with Gasteiger partial charge in [0, 0.05) is 39.9 Å². The summed E-state index contributed by atoms with van der Waals surface area (Å²) in [4.78, 5) is 13.5. The van der Waals surface area contributed by atoms with E-state index in [-0.39, 0.29) is 16.8 Å². The summed E-state index contributed by atoms with van der Waals surface area (Å²) in [6, 6.07) is 1.32. The lowest BCUT2D eigenvalue weighted by Gasteiger charge is -2.23. The number of aryl methyl sites for hydroxylation is 1. The van der Waals surface area contributed by atoms with Crippen molar-refractivity contribution in [1.82, 2.24) is 19.5 Å². The summed E-state index contributed by atoms with van der Waals surface area (Å²) in [6.07, 6.45) is 3.24. The highest BCUT2D eigenvalue weighted by Gasteiger charge is 2.25. The van der Waals surface area contributed by atoms with Crippen molar-refractivity contribution in [2.45, 2.75) is 23.8 Å². The summed E-state index contributed by atoms with van der Waals surface area (Å²) in [5, 5.41) is 3.17. The zero-order valence-corrected chi connectivity index (χ0v) is 13.4. The number of piperidine rings is 1. The van der Waals surface area contributed by atoms with Crippen LogP contribution in [0.2, 0.25) is 0 Å². The minimum Gasteiger partial charge on any atom is -0.345 e. The molecule has 0 aromatic carbocycles. The largest absolute Gasteiger partial charge is 0.345 e. The molecule has 7 nitrogen and oxygen atoms in total. The zero-order valence-electron chi connectivity index (χ0n) is 12.6. The summed E-state index contributed by atoms with van der Waals surface area (Å²) in [6.45, 7) is 1.56. The molecule has 2 N–H and O–H groups in total. The third kappa shape index (κ3) is 3.63. The van der Waals surface area contributed by atoms with Gasteiger partial charge in [-0.25, -0.2) is 13.1 Å². The summed E-state index contributed by atoms with van der Waals surface area (Å²) in [5.41, 5.74) is 0.349. The van der Waals surface area contributed by atoms with Gasteiger partial charge in [-0.2, -0.15) is 0 Å². The Kier molecular flexibility index (Phi) is 4.70. The number of rotatable bonds is 4. The van der Waals surface area contributed by atoms with Crippen LogP contribution in [-0.2, 0) is 17.1 Å². The average Bonchev–Trinajstić information content (AvgIpc) is 2.81. The Morgan fingerprint density at radius 3 is 2.76 bits per heavy atom. The number of carbonyl (C=O) groups is 1. The van der Waals surface area contributed by atoms with Gasteiger partial charge in [0.15, 0.2) is 0 Å². The van der Waals surface area contributed by atoms with E-state index in [0.29, 0.717) is 12.2 Å². The van der Waals surface area contributed by atoms with Gasteiger partial charge in [-0.1, -0.05) is 0 Å². The third-order valence-corrected chi connectivity index (χ3v) is 5.02. The molecule has 0 radical (unpaired) electrons. The predicted molar refractivity (Wildman–Crippen MR) is 79.6 cm³/mol. The van der Waals surface area contributed by atoms with E-state index in [9.17, 15) is 13.2 Å². The van der Waals surface area contributed by atoms with E-state index in [1.54, 1.807) is 21.1 Å². The second-order valence-electron chi connectivity index (χ2n) is 5.54. The van der Waals surface area contributed by atoms with Crippen LogP contribution >= 0.6 is 0 Å². The van der Waals surface area contributed by atoms with Gasteiger partial charge in [0.05, 0.1) is 0 Å². The molecule has 0 saturated carbocycles. The Morgan fingerprint density at radius 2 is 2.19 bits per heavy atom. The molecule has 2 rings (SSSR count). The first-order valence-corrected chi connectivity index (χ1v) is 8.40. The highest BCUT2D eigenvalue weighted by molar-refractivity contribution is 7.89. The van der Waals surface area contributed by atoms with Crippen molar-refractivity contribution in [3.63, 3.8) is 0 Å². The summed E-state index contributed by atoms with van der Waals surface area (Å²) < 4.78 is 29.0.